The molecule has 0 spiro atoms. The third-order valence-corrected chi connectivity index (χ3v) is 12.7. The van der Waals surface area contributed by atoms with Crippen molar-refractivity contribution in [2.24, 2.45) is 0 Å². The molecule has 0 saturated carbocycles. The Labute approximate surface area is 372 Å². The standard InChI is InChI=1S/C62H41NO/c1-2-11-48-38-50(25-24-42(48)10-1)46-28-34-55(35-29-46)63(56-36-30-47(31-37-56)60-40-51-12-3-5-16-57(51)58-17-6-7-18-59(58)60)54-32-26-44(27-33-54)43-20-22-45(23-21-43)49-14-9-15-52(39-49)62-41-53-13-4-8-19-61(53)64-62/h1-41H. The predicted molar refractivity (Wildman–Crippen MR) is 271 cm³/mol. The van der Waals surface area contributed by atoms with Crippen LogP contribution in [0.3, 0.4) is 0 Å². The van der Waals surface area contributed by atoms with Crippen molar-refractivity contribution in [2.75, 3.05) is 4.90 Å². The first kappa shape index (κ1) is 37.3. The Balaban J connectivity index is 0.874. The number of rotatable bonds is 8. The van der Waals surface area contributed by atoms with Gasteiger partial charge in [0, 0.05) is 28.0 Å². The van der Waals surface area contributed by atoms with Crippen LogP contribution in [0.2, 0.25) is 0 Å². The normalized spacial score (nSPS) is 11.4. The molecule has 0 aliphatic heterocycles. The van der Waals surface area contributed by atoms with Crippen molar-refractivity contribution >= 4 is 60.3 Å². The van der Waals surface area contributed by atoms with E-state index in [0.717, 1.165) is 56.0 Å². The highest BCUT2D eigenvalue weighted by molar-refractivity contribution is 6.13. The number of benzene rings is 11. The zero-order valence-corrected chi connectivity index (χ0v) is 35.0. The molecule has 1 aromatic heterocycles. The lowest BCUT2D eigenvalue weighted by atomic mass is 9.93. The van der Waals surface area contributed by atoms with E-state index < -0.39 is 0 Å². The van der Waals surface area contributed by atoms with Gasteiger partial charge in [0.05, 0.1) is 0 Å². The molecule has 0 N–H and O–H groups in total. The van der Waals surface area contributed by atoms with Gasteiger partial charge in [-0.3, -0.25) is 0 Å². The van der Waals surface area contributed by atoms with E-state index >= 15 is 0 Å². The molecule has 0 amide bonds. The molecule has 0 bridgehead atoms. The van der Waals surface area contributed by atoms with E-state index in [1.165, 1.54) is 60.1 Å². The molecule has 11 aromatic carbocycles. The first-order valence-electron chi connectivity index (χ1n) is 21.9. The summed E-state index contributed by atoms with van der Waals surface area (Å²) in [6.07, 6.45) is 0. The van der Waals surface area contributed by atoms with Gasteiger partial charge in [-0.1, -0.05) is 182 Å². The van der Waals surface area contributed by atoms with E-state index in [1.807, 2.05) is 18.2 Å². The second-order valence-corrected chi connectivity index (χ2v) is 16.5. The summed E-state index contributed by atoms with van der Waals surface area (Å²) in [4.78, 5) is 2.36. The molecule has 0 aliphatic rings. The van der Waals surface area contributed by atoms with Gasteiger partial charge >= 0.3 is 0 Å². The lowest BCUT2D eigenvalue weighted by Crippen LogP contribution is -2.09. The fourth-order valence-electron chi connectivity index (χ4n) is 9.34. The first-order chi connectivity index (χ1) is 31.7. The van der Waals surface area contributed by atoms with Crippen LogP contribution in [-0.2, 0) is 0 Å². The number of hydrogen-bond acceptors (Lipinski definition) is 2. The number of fused-ring (bicyclic) bond motifs is 5. The second-order valence-electron chi connectivity index (χ2n) is 16.5. The number of hydrogen-bond donors (Lipinski definition) is 0. The van der Waals surface area contributed by atoms with E-state index in [9.17, 15) is 0 Å². The molecule has 12 rings (SSSR count). The zero-order valence-electron chi connectivity index (χ0n) is 35.0. The molecule has 300 valence electrons. The third-order valence-electron chi connectivity index (χ3n) is 12.7. The molecule has 0 aliphatic carbocycles. The van der Waals surface area contributed by atoms with Crippen LogP contribution in [0.5, 0.6) is 0 Å². The highest BCUT2D eigenvalue weighted by Gasteiger charge is 2.16. The van der Waals surface area contributed by atoms with Crippen LogP contribution in [-0.4, -0.2) is 0 Å². The molecular weight excluding hydrogens is 775 g/mol. The summed E-state index contributed by atoms with van der Waals surface area (Å²) in [6.45, 7) is 0. The molecule has 64 heavy (non-hydrogen) atoms. The fourth-order valence-corrected chi connectivity index (χ4v) is 9.34. The van der Waals surface area contributed by atoms with Crippen LogP contribution < -0.4 is 4.90 Å². The van der Waals surface area contributed by atoms with E-state index in [1.54, 1.807) is 0 Å². The van der Waals surface area contributed by atoms with Gasteiger partial charge in [-0.05, 0) is 144 Å². The van der Waals surface area contributed by atoms with Crippen molar-refractivity contribution < 1.29 is 4.42 Å². The summed E-state index contributed by atoms with van der Waals surface area (Å²) in [5.74, 6) is 0.879. The van der Waals surface area contributed by atoms with Crippen LogP contribution >= 0.6 is 0 Å². The molecular formula is C62H41NO. The zero-order chi connectivity index (χ0) is 42.4. The van der Waals surface area contributed by atoms with E-state index in [2.05, 4.69) is 235 Å². The van der Waals surface area contributed by atoms with Crippen molar-refractivity contribution in [3.8, 4) is 55.8 Å². The summed E-state index contributed by atoms with van der Waals surface area (Å²) in [5, 5.41) is 8.66. The topological polar surface area (TPSA) is 16.4 Å². The Morgan fingerprint density at radius 2 is 0.719 bits per heavy atom. The maximum Gasteiger partial charge on any atom is 0.135 e. The van der Waals surface area contributed by atoms with Crippen LogP contribution in [0.15, 0.2) is 253 Å². The Morgan fingerprint density at radius 1 is 0.250 bits per heavy atom. The predicted octanol–water partition coefficient (Wildman–Crippen LogP) is 17.7. The maximum absolute atomic E-state index is 6.19. The lowest BCUT2D eigenvalue weighted by molar-refractivity contribution is 0.631. The summed E-state index contributed by atoms with van der Waals surface area (Å²) < 4.78 is 6.19. The minimum absolute atomic E-state index is 0.879. The molecule has 0 saturated heterocycles. The fraction of sp³-hybridized carbons (Fsp3) is 0. The molecule has 0 radical (unpaired) electrons. The van der Waals surface area contributed by atoms with E-state index in [4.69, 9.17) is 4.42 Å². The van der Waals surface area contributed by atoms with Crippen molar-refractivity contribution in [1.29, 1.82) is 0 Å². The summed E-state index contributed by atoms with van der Waals surface area (Å²) >= 11 is 0. The highest BCUT2D eigenvalue weighted by atomic mass is 16.3. The monoisotopic (exact) mass is 815 g/mol. The molecule has 12 aromatic rings. The van der Waals surface area contributed by atoms with Gasteiger partial charge in [0.2, 0.25) is 0 Å². The van der Waals surface area contributed by atoms with Crippen molar-refractivity contribution in [3.05, 3.63) is 249 Å². The molecule has 0 fully saturated rings. The Bertz CT molecular complexity index is 3600. The number of anilines is 3. The molecule has 0 unspecified atom stereocenters. The Hall–Kier alpha value is -8.46. The van der Waals surface area contributed by atoms with E-state index in [0.29, 0.717) is 0 Å². The maximum atomic E-state index is 6.19. The van der Waals surface area contributed by atoms with Gasteiger partial charge in [-0.2, -0.15) is 0 Å². The molecule has 2 heteroatoms. The Morgan fingerprint density at radius 3 is 1.38 bits per heavy atom. The van der Waals surface area contributed by atoms with Crippen LogP contribution in [0.4, 0.5) is 17.1 Å². The second kappa shape index (κ2) is 15.8. The first-order valence-corrected chi connectivity index (χ1v) is 21.9. The van der Waals surface area contributed by atoms with Crippen molar-refractivity contribution in [2.45, 2.75) is 0 Å². The SMILES string of the molecule is c1cc(-c2ccc(-c3ccc(N(c4ccc(-c5ccc6ccccc6c5)cc4)c4ccc(-c5cc6ccccc6c6ccccc56)cc4)cc3)cc2)cc(-c2cc3ccccc3o2)c1. The average Bonchev–Trinajstić information content (AvgIpc) is 3.82. The molecule has 2 nitrogen and oxygen atoms in total. The van der Waals surface area contributed by atoms with Crippen LogP contribution in [0, 0.1) is 0 Å². The average molecular weight is 816 g/mol. The van der Waals surface area contributed by atoms with Crippen LogP contribution in [0.1, 0.15) is 0 Å². The smallest absolute Gasteiger partial charge is 0.135 e. The van der Waals surface area contributed by atoms with Crippen LogP contribution in [0.25, 0.3) is 99.1 Å². The van der Waals surface area contributed by atoms with Gasteiger partial charge in [-0.25, -0.2) is 0 Å². The molecule has 0 atom stereocenters. The summed E-state index contributed by atoms with van der Waals surface area (Å²) in [7, 11) is 0. The lowest BCUT2D eigenvalue weighted by Gasteiger charge is -2.26. The highest BCUT2D eigenvalue weighted by Crippen LogP contribution is 2.40. The molecule has 1 heterocycles. The summed E-state index contributed by atoms with van der Waals surface area (Å²) in [5.41, 5.74) is 14.7. The van der Waals surface area contributed by atoms with Gasteiger partial charge < -0.3 is 9.32 Å². The quantitative estimate of drug-likeness (QED) is 0.142. The number of para-hydroxylation sites is 1. The number of nitrogens with zero attached hydrogens (tertiary/aromatic N) is 1. The van der Waals surface area contributed by atoms with Gasteiger partial charge in [-0.15, -0.1) is 0 Å². The van der Waals surface area contributed by atoms with Gasteiger partial charge in [0.25, 0.3) is 0 Å². The van der Waals surface area contributed by atoms with Gasteiger partial charge in [0.15, 0.2) is 0 Å². The van der Waals surface area contributed by atoms with Crippen molar-refractivity contribution in [1.82, 2.24) is 0 Å². The van der Waals surface area contributed by atoms with Crippen molar-refractivity contribution in [3.63, 3.8) is 0 Å². The van der Waals surface area contributed by atoms with E-state index in [-0.39, 0.29) is 0 Å². The summed E-state index contributed by atoms with van der Waals surface area (Å²) in [6, 6.07) is 89.7. The van der Waals surface area contributed by atoms with Gasteiger partial charge in [0.1, 0.15) is 11.3 Å². The Kier molecular flexibility index (Phi) is 9.20. The third kappa shape index (κ3) is 6.88. The largest absolute Gasteiger partial charge is 0.456 e. The number of furan rings is 1. The minimum Gasteiger partial charge on any atom is -0.456 e. The minimum atomic E-state index is 0.879.